The molecule has 0 N–H and O–H groups in total. The maximum Gasteiger partial charge on any atom is 0.253 e. The summed E-state index contributed by atoms with van der Waals surface area (Å²) in [7, 11) is 1.63. The molecule has 1 aromatic heterocycles. The smallest absolute Gasteiger partial charge is 0.253 e. The first-order valence-corrected chi connectivity index (χ1v) is 7.56. The third-order valence-corrected chi connectivity index (χ3v) is 3.85. The Bertz CT molecular complexity index is 720. The SMILES string of the molecule is COc1ccccc1-n1cc(C)s/c1=N\C(=O)C(C)(C)C. The average Bonchev–Trinajstić information content (AvgIpc) is 2.78. The Morgan fingerprint density at radius 2 is 1.95 bits per heavy atom. The zero-order valence-corrected chi connectivity index (χ0v) is 13.8. The molecule has 0 aliphatic heterocycles. The van der Waals surface area contributed by atoms with E-state index in [2.05, 4.69) is 4.99 Å². The Morgan fingerprint density at radius 1 is 1.29 bits per heavy atom. The molecule has 1 amide bonds. The number of para-hydroxylation sites is 2. The quantitative estimate of drug-likeness (QED) is 0.854. The summed E-state index contributed by atoms with van der Waals surface area (Å²) in [5.74, 6) is 0.618. The average molecular weight is 304 g/mol. The highest BCUT2D eigenvalue weighted by molar-refractivity contribution is 7.09. The van der Waals surface area contributed by atoms with Crippen molar-refractivity contribution in [3.8, 4) is 11.4 Å². The van der Waals surface area contributed by atoms with Crippen LogP contribution < -0.4 is 9.54 Å². The summed E-state index contributed by atoms with van der Waals surface area (Å²) < 4.78 is 7.30. The summed E-state index contributed by atoms with van der Waals surface area (Å²) in [6, 6.07) is 7.70. The number of rotatable bonds is 2. The number of nitrogens with zero attached hydrogens (tertiary/aromatic N) is 2. The normalized spacial score (nSPS) is 12.5. The molecule has 2 rings (SSSR count). The van der Waals surface area contributed by atoms with Crippen molar-refractivity contribution in [2.75, 3.05) is 7.11 Å². The number of amides is 1. The van der Waals surface area contributed by atoms with E-state index >= 15 is 0 Å². The Kier molecular flexibility index (Phi) is 4.32. The fourth-order valence-electron chi connectivity index (χ4n) is 1.79. The van der Waals surface area contributed by atoms with E-state index in [1.807, 2.05) is 62.7 Å². The van der Waals surface area contributed by atoms with Gasteiger partial charge in [0.25, 0.3) is 5.91 Å². The number of aryl methyl sites for hydroxylation is 1. The van der Waals surface area contributed by atoms with Gasteiger partial charge < -0.3 is 4.74 Å². The number of hydrogen-bond acceptors (Lipinski definition) is 3. The van der Waals surface area contributed by atoms with Gasteiger partial charge in [-0.15, -0.1) is 11.3 Å². The molecule has 0 unspecified atom stereocenters. The molecule has 0 aliphatic carbocycles. The van der Waals surface area contributed by atoms with E-state index in [0.29, 0.717) is 4.80 Å². The molecule has 21 heavy (non-hydrogen) atoms. The highest BCUT2D eigenvalue weighted by Gasteiger charge is 2.21. The van der Waals surface area contributed by atoms with Crippen LogP contribution in [-0.4, -0.2) is 17.6 Å². The van der Waals surface area contributed by atoms with Crippen LogP contribution in [0.1, 0.15) is 25.6 Å². The number of carbonyl (C=O) groups is 1. The van der Waals surface area contributed by atoms with Crippen molar-refractivity contribution in [3.05, 3.63) is 40.1 Å². The highest BCUT2D eigenvalue weighted by Crippen LogP contribution is 2.22. The van der Waals surface area contributed by atoms with Crippen molar-refractivity contribution in [1.82, 2.24) is 4.57 Å². The Hall–Kier alpha value is -1.88. The van der Waals surface area contributed by atoms with Crippen LogP contribution >= 0.6 is 11.3 Å². The molecule has 0 radical (unpaired) electrons. The van der Waals surface area contributed by atoms with E-state index < -0.39 is 5.41 Å². The minimum atomic E-state index is -0.490. The topological polar surface area (TPSA) is 43.6 Å². The van der Waals surface area contributed by atoms with Gasteiger partial charge in [-0.25, -0.2) is 0 Å². The van der Waals surface area contributed by atoms with Gasteiger partial charge in [0.2, 0.25) is 0 Å². The van der Waals surface area contributed by atoms with Crippen LogP contribution in [-0.2, 0) is 4.79 Å². The molecule has 0 fully saturated rings. The number of thiazole rings is 1. The molecular weight excluding hydrogens is 284 g/mol. The monoisotopic (exact) mass is 304 g/mol. The minimum Gasteiger partial charge on any atom is -0.495 e. The van der Waals surface area contributed by atoms with Crippen LogP contribution in [0.3, 0.4) is 0 Å². The number of ether oxygens (including phenoxy) is 1. The molecule has 1 heterocycles. The lowest BCUT2D eigenvalue weighted by Gasteiger charge is -2.12. The predicted octanol–water partition coefficient (Wildman–Crippen LogP) is 3.33. The number of methoxy groups -OCH3 is 1. The lowest BCUT2D eigenvalue weighted by atomic mass is 9.96. The van der Waals surface area contributed by atoms with Crippen molar-refractivity contribution < 1.29 is 9.53 Å². The molecule has 0 bridgehead atoms. The molecule has 0 spiro atoms. The van der Waals surface area contributed by atoms with Gasteiger partial charge in [-0.2, -0.15) is 4.99 Å². The Labute approximate surface area is 128 Å². The Morgan fingerprint density at radius 3 is 2.57 bits per heavy atom. The highest BCUT2D eigenvalue weighted by atomic mass is 32.1. The van der Waals surface area contributed by atoms with Crippen LogP contribution in [0.15, 0.2) is 35.5 Å². The molecule has 1 aromatic carbocycles. The van der Waals surface area contributed by atoms with E-state index in [1.165, 1.54) is 11.3 Å². The van der Waals surface area contributed by atoms with Gasteiger partial charge in [0.15, 0.2) is 4.80 Å². The maximum atomic E-state index is 12.2. The van der Waals surface area contributed by atoms with Gasteiger partial charge in [-0.05, 0) is 19.1 Å². The van der Waals surface area contributed by atoms with Crippen molar-refractivity contribution in [2.45, 2.75) is 27.7 Å². The molecule has 2 aromatic rings. The number of hydrogen-bond donors (Lipinski definition) is 0. The van der Waals surface area contributed by atoms with Gasteiger partial charge in [0, 0.05) is 16.5 Å². The second-order valence-electron chi connectivity index (χ2n) is 5.83. The second-order valence-corrected chi connectivity index (χ2v) is 7.05. The molecule has 0 aliphatic rings. The van der Waals surface area contributed by atoms with Gasteiger partial charge in [0.05, 0.1) is 12.8 Å². The van der Waals surface area contributed by atoms with E-state index in [0.717, 1.165) is 16.3 Å². The molecule has 5 heteroatoms. The number of aromatic nitrogens is 1. The first-order valence-electron chi connectivity index (χ1n) is 6.74. The molecule has 4 nitrogen and oxygen atoms in total. The lowest BCUT2D eigenvalue weighted by molar-refractivity contribution is -0.125. The molecule has 0 saturated carbocycles. The van der Waals surface area contributed by atoms with Crippen LogP contribution in [0.2, 0.25) is 0 Å². The summed E-state index contributed by atoms with van der Waals surface area (Å²) in [6.07, 6.45) is 1.97. The molecule has 0 saturated heterocycles. The van der Waals surface area contributed by atoms with Gasteiger partial charge in [-0.1, -0.05) is 32.9 Å². The van der Waals surface area contributed by atoms with Crippen LogP contribution in [0.5, 0.6) is 5.75 Å². The van der Waals surface area contributed by atoms with E-state index in [4.69, 9.17) is 4.74 Å². The largest absolute Gasteiger partial charge is 0.495 e. The molecular formula is C16H20N2O2S. The zero-order valence-electron chi connectivity index (χ0n) is 13.0. The first-order chi connectivity index (χ1) is 9.82. The lowest BCUT2D eigenvalue weighted by Crippen LogP contribution is -2.23. The standard InChI is InChI=1S/C16H20N2O2S/c1-11-10-18(12-8-6-7-9-13(12)20-5)15(21-11)17-14(19)16(2,3)4/h6-10H,1-5H3/b17-15-. The first kappa shape index (κ1) is 15.5. The Balaban J connectivity index is 2.62. The number of benzene rings is 1. The van der Waals surface area contributed by atoms with E-state index in [9.17, 15) is 4.79 Å². The van der Waals surface area contributed by atoms with Crippen LogP contribution in [0.25, 0.3) is 5.69 Å². The third-order valence-electron chi connectivity index (χ3n) is 2.95. The van der Waals surface area contributed by atoms with Crippen molar-refractivity contribution in [3.63, 3.8) is 0 Å². The minimum absolute atomic E-state index is 0.131. The fraction of sp³-hybridized carbons (Fsp3) is 0.375. The van der Waals surface area contributed by atoms with Crippen molar-refractivity contribution >= 4 is 17.2 Å². The van der Waals surface area contributed by atoms with E-state index in [-0.39, 0.29) is 5.91 Å². The summed E-state index contributed by atoms with van der Waals surface area (Å²) in [6.45, 7) is 7.60. The van der Waals surface area contributed by atoms with E-state index in [1.54, 1.807) is 7.11 Å². The predicted molar refractivity (Wildman–Crippen MR) is 85.0 cm³/mol. The summed E-state index contributed by atoms with van der Waals surface area (Å²) in [4.78, 5) is 18.2. The molecule has 0 atom stereocenters. The molecule has 112 valence electrons. The number of carbonyl (C=O) groups excluding carboxylic acids is 1. The van der Waals surface area contributed by atoms with Crippen LogP contribution in [0, 0.1) is 12.3 Å². The van der Waals surface area contributed by atoms with Gasteiger partial charge in [0.1, 0.15) is 5.75 Å². The van der Waals surface area contributed by atoms with Crippen molar-refractivity contribution in [1.29, 1.82) is 0 Å². The second kappa shape index (κ2) is 5.85. The third kappa shape index (κ3) is 3.42. The summed E-state index contributed by atoms with van der Waals surface area (Å²) >= 11 is 1.49. The summed E-state index contributed by atoms with van der Waals surface area (Å²) in [5, 5.41) is 0. The van der Waals surface area contributed by atoms with Crippen LogP contribution in [0.4, 0.5) is 0 Å². The van der Waals surface area contributed by atoms with Gasteiger partial charge >= 0.3 is 0 Å². The van der Waals surface area contributed by atoms with Crippen molar-refractivity contribution in [2.24, 2.45) is 10.4 Å². The van der Waals surface area contributed by atoms with Gasteiger partial charge in [-0.3, -0.25) is 9.36 Å². The zero-order chi connectivity index (χ0) is 15.6. The summed E-state index contributed by atoms with van der Waals surface area (Å²) in [5.41, 5.74) is 0.390. The maximum absolute atomic E-state index is 12.2. The fourth-order valence-corrected chi connectivity index (χ4v) is 2.61.